The number of halogens is 3. The molecule has 0 heterocycles. The average Bonchev–Trinajstić information content (AvgIpc) is 2.25. The molecule has 0 bridgehead atoms. The Hall–Kier alpha value is 0.422. The molecule has 16 heavy (non-hydrogen) atoms. The summed E-state index contributed by atoms with van der Waals surface area (Å²) in [5.74, 6) is 0.980. The van der Waals surface area contributed by atoms with Crippen LogP contribution in [0.25, 0.3) is 0 Å². The number of hydrogen-bond acceptors (Lipinski definition) is 1. The second-order valence-electron chi connectivity index (χ2n) is 3.12. The molecule has 0 N–H and O–H groups in total. The lowest BCUT2D eigenvalue weighted by atomic mass is 10.3. The van der Waals surface area contributed by atoms with Crippen molar-refractivity contribution < 1.29 is 4.74 Å². The fourth-order valence-corrected chi connectivity index (χ4v) is 1.06. The largest absolute Gasteiger partial charge is 0.643 e. The third kappa shape index (κ3) is 12.5. The van der Waals surface area contributed by atoms with E-state index in [1.807, 2.05) is 30.3 Å². The van der Waals surface area contributed by atoms with Crippen molar-refractivity contribution in [3.63, 3.8) is 0 Å². The monoisotopic (exact) mass is 296 g/mol. The van der Waals surface area contributed by atoms with Crippen molar-refractivity contribution in [1.82, 2.24) is 0 Å². The SMILES string of the molecule is CCCCCOc1ccccc1.[Cl][Al]([Cl])[Cl]. The maximum atomic E-state index is 5.51. The lowest BCUT2D eigenvalue weighted by molar-refractivity contribution is 0.306. The van der Waals surface area contributed by atoms with Gasteiger partial charge in [-0.1, -0.05) is 38.0 Å². The Labute approximate surface area is 115 Å². The van der Waals surface area contributed by atoms with Crippen LogP contribution in [0, 0.1) is 0 Å². The number of hydrogen-bond donors (Lipinski definition) is 0. The first kappa shape index (κ1) is 16.4. The molecule has 0 unspecified atom stereocenters. The first-order chi connectivity index (χ1) is 7.66. The summed E-state index contributed by atoms with van der Waals surface area (Å²) >= 11 is -1.72. The van der Waals surface area contributed by atoms with Crippen LogP contribution >= 0.6 is 30.1 Å². The summed E-state index contributed by atoms with van der Waals surface area (Å²) in [7, 11) is 14.8. The highest BCUT2D eigenvalue weighted by Crippen LogP contribution is 2.08. The van der Waals surface area contributed by atoms with E-state index in [0.29, 0.717) is 0 Å². The van der Waals surface area contributed by atoms with Gasteiger partial charge >= 0.3 is 11.4 Å². The summed E-state index contributed by atoms with van der Waals surface area (Å²) < 4.78 is 5.51. The molecule has 1 rings (SSSR count). The molecule has 0 saturated heterocycles. The fraction of sp³-hybridized carbons (Fsp3) is 0.455. The van der Waals surface area contributed by atoms with Gasteiger partial charge in [0, 0.05) is 0 Å². The Kier molecular flexibility index (Phi) is 12.2. The molecule has 0 atom stereocenters. The van der Waals surface area contributed by atoms with Gasteiger partial charge in [0.1, 0.15) is 5.75 Å². The zero-order valence-corrected chi connectivity index (χ0v) is 12.8. The molecule has 0 aliphatic heterocycles. The molecule has 0 aromatic heterocycles. The molecule has 0 fully saturated rings. The molecule has 1 aromatic carbocycles. The second-order valence-corrected chi connectivity index (χ2v) is 9.55. The topological polar surface area (TPSA) is 9.23 Å². The van der Waals surface area contributed by atoms with Gasteiger partial charge in [0.2, 0.25) is 0 Å². The van der Waals surface area contributed by atoms with Crippen molar-refractivity contribution in [3.05, 3.63) is 30.3 Å². The van der Waals surface area contributed by atoms with Gasteiger partial charge in [-0.2, -0.15) is 0 Å². The van der Waals surface area contributed by atoms with Crippen molar-refractivity contribution in [2.45, 2.75) is 26.2 Å². The lowest BCUT2D eigenvalue weighted by Gasteiger charge is -2.04. The van der Waals surface area contributed by atoms with Gasteiger partial charge in [0.05, 0.1) is 6.61 Å². The maximum absolute atomic E-state index is 5.51. The molecule has 0 aliphatic carbocycles. The average molecular weight is 298 g/mol. The summed E-state index contributed by atoms with van der Waals surface area (Å²) in [6.07, 6.45) is 3.66. The van der Waals surface area contributed by atoms with E-state index in [2.05, 4.69) is 6.92 Å². The second kappa shape index (κ2) is 11.9. The number of rotatable bonds is 5. The van der Waals surface area contributed by atoms with Crippen LogP contribution in [-0.2, 0) is 0 Å². The lowest BCUT2D eigenvalue weighted by Crippen LogP contribution is -1.96. The van der Waals surface area contributed by atoms with Gasteiger partial charge in [-0.05, 0) is 18.6 Å². The smallest absolute Gasteiger partial charge is 0.494 e. The molecule has 1 nitrogen and oxygen atoms in total. The summed E-state index contributed by atoms with van der Waals surface area (Å²) in [4.78, 5) is 0. The predicted octanol–water partition coefficient (Wildman–Crippen LogP) is 4.94. The summed E-state index contributed by atoms with van der Waals surface area (Å²) in [6.45, 7) is 3.04. The minimum Gasteiger partial charge on any atom is -0.494 e. The third-order valence-electron chi connectivity index (χ3n) is 1.76. The predicted molar refractivity (Wildman–Crippen MR) is 74.8 cm³/mol. The Morgan fingerprint density at radius 1 is 1.06 bits per heavy atom. The van der Waals surface area contributed by atoms with Crippen LogP contribution in [0.2, 0.25) is 0 Å². The number of benzene rings is 1. The van der Waals surface area contributed by atoms with Crippen molar-refractivity contribution >= 4 is 41.5 Å². The Bertz CT molecular complexity index is 241. The van der Waals surface area contributed by atoms with Gasteiger partial charge in [-0.25, -0.2) is 30.1 Å². The van der Waals surface area contributed by atoms with E-state index >= 15 is 0 Å². The highest BCUT2D eigenvalue weighted by molar-refractivity contribution is 7.54. The molecule has 90 valence electrons. The van der Waals surface area contributed by atoms with Crippen molar-refractivity contribution in [3.8, 4) is 5.75 Å². The van der Waals surface area contributed by atoms with Gasteiger partial charge in [0.15, 0.2) is 0 Å². The van der Waals surface area contributed by atoms with E-state index in [9.17, 15) is 0 Å². The van der Waals surface area contributed by atoms with E-state index in [4.69, 9.17) is 34.9 Å². The Balaban J connectivity index is 0.000000487. The zero-order chi connectivity index (χ0) is 12.2. The molecule has 1 aromatic rings. The van der Waals surface area contributed by atoms with Crippen LogP contribution in [0.4, 0.5) is 0 Å². The van der Waals surface area contributed by atoms with Crippen molar-refractivity contribution in [1.29, 1.82) is 0 Å². The first-order valence-corrected chi connectivity index (χ1v) is 10.5. The molecule has 0 spiro atoms. The number of unbranched alkanes of at least 4 members (excludes halogenated alkanes) is 2. The summed E-state index contributed by atoms with van der Waals surface area (Å²) in [5, 5.41) is 0. The van der Waals surface area contributed by atoms with Crippen LogP contribution in [0.1, 0.15) is 26.2 Å². The minimum atomic E-state index is -1.72. The third-order valence-corrected chi connectivity index (χ3v) is 1.76. The summed E-state index contributed by atoms with van der Waals surface area (Å²) in [5.41, 5.74) is 0. The first-order valence-electron chi connectivity index (χ1n) is 5.27. The van der Waals surface area contributed by atoms with E-state index in [1.165, 1.54) is 12.8 Å². The highest BCUT2D eigenvalue weighted by atomic mass is 35.8. The fourth-order valence-electron chi connectivity index (χ4n) is 1.06. The Morgan fingerprint density at radius 2 is 1.62 bits per heavy atom. The maximum Gasteiger partial charge on any atom is 0.643 e. The van der Waals surface area contributed by atoms with Crippen LogP contribution in [0.5, 0.6) is 5.75 Å². The molecule has 5 heteroatoms. The molecule has 0 amide bonds. The van der Waals surface area contributed by atoms with E-state index in [1.54, 1.807) is 0 Å². The normalized spacial score (nSPS) is 9.00. The zero-order valence-electron chi connectivity index (χ0n) is 9.33. The van der Waals surface area contributed by atoms with Crippen LogP contribution < -0.4 is 4.74 Å². The van der Waals surface area contributed by atoms with E-state index in [-0.39, 0.29) is 0 Å². The number of para-hydroxylation sites is 1. The van der Waals surface area contributed by atoms with Crippen molar-refractivity contribution in [2.75, 3.05) is 6.61 Å². The highest BCUT2D eigenvalue weighted by Gasteiger charge is 2.00. The molecule has 0 saturated carbocycles. The van der Waals surface area contributed by atoms with Gasteiger partial charge < -0.3 is 4.74 Å². The standard InChI is InChI=1S/C11H16O.Al.3ClH/c1-2-3-7-10-12-11-8-5-4-6-9-11;;;;/h4-6,8-9H,2-3,7,10H2,1H3;;3*1H/q;+3;;;/p-3. The van der Waals surface area contributed by atoms with Crippen LogP contribution in [0.15, 0.2) is 30.3 Å². The molecule has 0 radical (unpaired) electrons. The van der Waals surface area contributed by atoms with Gasteiger partial charge in [-0.15, -0.1) is 0 Å². The van der Waals surface area contributed by atoms with Gasteiger partial charge in [-0.3, -0.25) is 0 Å². The molecular formula is C11H16AlCl3O. The number of ether oxygens (including phenoxy) is 1. The van der Waals surface area contributed by atoms with E-state index < -0.39 is 11.4 Å². The Morgan fingerprint density at radius 3 is 2.12 bits per heavy atom. The minimum absolute atomic E-state index is 0.845. The van der Waals surface area contributed by atoms with Gasteiger partial charge in [0.25, 0.3) is 0 Å². The van der Waals surface area contributed by atoms with Crippen LogP contribution in [0.3, 0.4) is 0 Å². The van der Waals surface area contributed by atoms with E-state index in [0.717, 1.165) is 18.8 Å². The molecule has 0 aliphatic rings. The van der Waals surface area contributed by atoms with Crippen LogP contribution in [-0.4, -0.2) is 18.0 Å². The quantitative estimate of drug-likeness (QED) is 0.552. The molecular weight excluding hydrogens is 281 g/mol. The summed E-state index contributed by atoms with van der Waals surface area (Å²) in [6, 6.07) is 9.97. The van der Waals surface area contributed by atoms with Crippen molar-refractivity contribution in [2.24, 2.45) is 0 Å².